The van der Waals surface area contributed by atoms with Crippen LogP contribution in [0.2, 0.25) is 0 Å². The van der Waals surface area contributed by atoms with E-state index >= 15 is 0 Å². The molecule has 0 bridgehead atoms. The van der Waals surface area contributed by atoms with Gasteiger partial charge in [0.15, 0.2) is 0 Å². The number of benzene rings is 1. The van der Waals surface area contributed by atoms with Gasteiger partial charge in [-0.3, -0.25) is 14.3 Å². The molecule has 0 N–H and O–H groups in total. The van der Waals surface area contributed by atoms with Crippen LogP contribution in [0, 0.1) is 6.92 Å². The quantitative estimate of drug-likeness (QED) is 0.714. The van der Waals surface area contributed by atoms with Crippen molar-refractivity contribution in [3.63, 3.8) is 0 Å². The molecule has 0 amide bonds. The van der Waals surface area contributed by atoms with Crippen molar-refractivity contribution in [2.24, 2.45) is 7.05 Å². The molecule has 21 heavy (non-hydrogen) atoms. The van der Waals surface area contributed by atoms with Crippen molar-refractivity contribution in [3.8, 4) is 0 Å². The number of para-hydroxylation sites is 1. The van der Waals surface area contributed by atoms with Crippen LogP contribution in [-0.4, -0.2) is 14.1 Å². The minimum atomic E-state index is -0.318. The molecule has 0 aliphatic carbocycles. The average Bonchev–Trinajstić information content (AvgIpc) is 2.47. The zero-order valence-corrected chi connectivity index (χ0v) is 11.9. The molecule has 2 heterocycles. The fraction of sp³-hybridized carbons (Fsp3) is 0.188. The molecule has 0 fully saturated rings. The molecule has 1 aromatic carbocycles. The first-order valence-corrected chi connectivity index (χ1v) is 6.68. The molecule has 0 atom stereocenters. The lowest BCUT2D eigenvalue weighted by Gasteiger charge is -2.10. The second-order valence-corrected chi connectivity index (χ2v) is 5.07. The van der Waals surface area contributed by atoms with Gasteiger partial charge in [-0.05, 0) is 24.6 Å². The van der Waals surface area contributed by atoms with E-state index in [2.05, 4.69) is 4.98 Å². The van der Waals surface area contributed by atoms with Gasteiger partial charge in [0.25, 0.3) is 5.56 Å². The van der Waals surface area contributed by atoms with Crippen LogP contribution in [0.3, 0.4) is 0 Å². The highest BCUT2D eigenvalue weighted by molar-refractivity contribution is 5.82. The summed E-state index contributed by atoms with van der Waals surface area (Å²) in [7, 11) is 1.63. The third kappa shape index (κ3) is 2.38. The Bertz CT molecular complexity index is 938. The van der Waals surface area contributed by atoms with E-state index in [1.165, 1.54) is 21.4 Å². The number of aromatic nitrogens is 3. The second-order valence-electron chi connectivity index (χ2n) is 5.07. The maximum Gasteiger partial charge on any atom is 0.331 e. The Morgan fingerprint density at radius 2 is 1.90 bits per heavy atom. The minimum Gasteiger partial charge on any atom is -0.303 e. The molecule has 5 heteroatoms. The van der Waals surface area contributed by atoms with Gasteiger partial charge in [-0.1, -0.05) is 18.2 Å². The molecule has 0 saturated carbocycles. The Morgan fingerprint density at radius 1 is 1.14 bits per heavy atom. The van der Waals surface area contributed by atoms with Gasteiger partial charge < -0.3 is 4.57 Å². The Morgan fingerprint density at radius 3 is 2.71 bits per heavy atom. The van der Waals surface area contributed by atoms with Crippen molar-refractivity contribution in [3.05, 3.63) is 74.7 Å². The lowest BCUT2D eigenvalue weighted by molar-refractivity contribution is 0.641. The van der Waals surface area contributed by atoms with Gasteiger partial charge in [0.1, 0.15) is 0 Å². The van der Waals surface area contributed by atoms with Crippen LogP contribution >= 0.6 is 0 Å². The van der Waals surface area contributed by atoms with Crippen LogP contribution in [0.4, 0.5) is 0 Å². The second kappa shape index (κ2) is 5.01. The van der Waals surface area contributed by atoms with Gasteiger partial charge in [-0.2, -0.15) is 0 Å². The molecule has 0 aliphatic rings. The van der Waals surface area contributed by atoms with E-state index < -0.39 is 0 Å². The predicted octanol–water partition coefficient (Wildman–Crippen LogP) is 1.45. The molecular formula is C16H15N3O2. The smallest absolute Gasteiger partial charge is 0.303 e. The molecule has 0 aliphatic heterocycles. The third-order valence-electron chi connectivity index (χ3n) is 3.50. The Kier molecular flexibility index (Phi) is 3.17. The molecule has 2 aromatic heterocycles. The monoisotopic (exact) mass is 281 g/mol. The van der Waals surface area contributed by atoms with E-state index in [-0.39, 0.29) is 17.8 Å². The van der Waals surface area contributed by atoms with Crippen molar-refractivity contribution < 1.29 is 0 Å². The Hall–Kier alpha value is -2.69. The van der Waals surface area contributed by atoms with Gasteiger partial charge >= 0.3 is 5.69 Å². The summed E-state index contributed by atoms with van der Waals surface area (Å²) in [4.78, 5) is 28.5. The van der Waals surface area contributed by atoms with Crippen LogP contribution in [0.15, 0.2) is 52.2 Å². The minimum absolute atomic E-state index is 0.246. The van der Waals surface area contributed by atoms with Gasteiger partial charge in [0.2, 0.25) is 0 Å². The number of rotatable bonds is 2. The average molecular weight is 281 g/mol. The zero-order chi connectivity index (χ0) is 15.0. The normalized spacial score (nSPS) is 11.0. The van der Waals surface area contributed by atoms with Crippen molar-refractivity contribution in [1.29, 1.82) is 0 Å². The van der Waals surface area contributed by atoms with Gasteiger partial charge in [-0.15, -0.1) is 0 Å². The fourth-order valence-electron chi connectivity index (χ4n) is 2.46. The van der Waals surface area contributed by atoms with E-state index in [1.807, 2.05) is 37.3 Å². The van der Waals surface area contributed by atoms with E-state index in [4.69, 9.17) is 0 Å². The number of hydrogen-bond donors (Lipinski definition) is 0. The zero-order valence-electron chi connectivity index (χ0n) is 11.9. The highest BCUT2D eigenvalue weighted by Crippen LogP contribution is 2.18. The standard InChI is InChI=1S/C16H15N3O2/c1-11-9-12(13-5-3-4-6-14(13)17-11)10-19-15(20)7-8-18(2)16(19)21/h3-9H,10H2,1-2H3. The SMILES string of the molecule is Cc1cc(Cn2c(=O)ccn(C)c2=O)c2ccccc2n1. The lowest BCUT2D eigenvalue weighted by atomic mass is 10.1. The molecule has 3 aromatic rings. The summed E-state index contributed by atoms with van der Waals surface area (Å²) in [5, 5.41) is 0.959. The Labute approximate surface area is 121 Å². The van der Waals surface area contributed by atoms with E-state index in [0.29, 0.717) is 0 Å². The molecule has 0 radical (unpaired) electrons. The van der Waals surface area contributed by atoms with Gasteiger partial charge in [-0.25, -0.2) is 4.79 Å². The molecule has 3 rings (SSSR count). The van der Waals surface area contributed by atoms with Crippen LogP contribution in [0.5, 0.6) is 0 Å². The number of nitrogens with zero attached hydrogens (tertiary/aromatic N) is 3. The maximum atomic E-state index is 12.1. The van der Waals surface area contributed by atoms with Crippen molar-refractivity contribution in [2.75, 3.05) is 0 Å². The number of hydrogen-bond acceptors (Lipinski definition) is 3. The Balaban J connectivity index is 2.22. The number of pyridine rings is 1. The fourth-order valence-corrected chi connectivity index (χ4v) is 2.46. The number of fused-ring (bicyclic) bond motifs is 1. The van der Waals surface area contributed by atoms with Crippen LogP contribution < -0.4 is 11.2 Å². The first-order chi connectivity index (χ1) is 10.1. The molecule has 0 unspecified atom stereocenters. The first kappa shape index (κ1) is 13.3. The number of aryl methyl sites for hydroxylation is 2. The predicted molar refractivity (Wildman–Crippen MR) is 81.5 cm³/mol. The largest absolute Gasteiger partial charge is 0.331 e. The van der Waals surface area contributed by atoms with Gasteiger partial charge in [0, 0.05) is 30.4 Å². The molecule has 0 saturated heterocycles. The topological polar surface area (TPSA) is 56.9 Å². The van der Waals surface area contributed by atoms with E-state index in [9.17, 15) is 9.59 Å². The third-order valence-corrected chi connectivity index (χ3v) is 3.50. The van der Waals surface area contributed by atoms with E-state index in [0.717, 1.165) is 22.2 Å². The first-order valence-electron chi connectivity index (χ1n) is 6.68. The van der Waals surface area contributed by atoms with E-state index in [1.54, 1.807) is 7.05 Å². The van der Waals surface area contributed by atoms with Crippen molar-refractivity contribution in [1.82, 2.24) is 14.1 Å². The van der Waals surface area contributed by atoms with Crippen molar-refractivity contribution >= 4 is 10.9 Å². The van der Waals surface area contributed by atoms with Crippen LogP contribution in [-0.2, 0) is 13.6 Å². The summed E-state index contributed by atoms with van der Waals surface area (Å²) in [5.41, 5.74) is 2.04. The molecule has 0 spiro atoms. The summed E-state index contributed by atoms with van der Waals surface area (Å²) < 4.78 is 2.64. The van der Waals surface area contributed by atoms with Crippen LogP contribution in [0.25, 0.3) is 10.9 Å². The van der Waals surface area contributed by atoms with Crippen molar-refractivity contribution in [2.45, 2.75) is 13.5 Å². The summed E-state index contributed by atoms with van der Waals surface area (Å²) in [6.45, 7) is 2.15. The molecule has 106 valence electrons. The lowest BCUT2D eigenvalue weighted by Crippen LogP contribution is -2.38. The highest BCUT2D eigenvalue weighted by atomic mass is 16.2. The highest BCUT2D eigenvalue weighted by Gasteiger charge is 2.08. The summed E-state index contributed by atoms with van der Waals surface area (Å²) in [6.07, 6.45) is 1.48. The maximum absolute atomic E-state index is 12.1. The van der Waals surface area contributed by atoms with Gasteiger partial charge in [0.05, 0.1) is 12.1 Å². The summed E-state index contributed by atoms with van der Waals surface area (Å²) >= 11 is 0. The molecular weight excluding hydrogens is 266 g/mol. The molecule has 5 nitrogen and oxygen atoms in total. The van der Waals surface area contributed by atoms with Crippen LogP contribution in [0.1, 0.15) is 11.3 Å². The summed E-state index contributed by atoms with van der Waals surface area (Å²) in [5.74, 6) is 0. The summed E-state index contributed by atoms with van der Waals surface area (Å²) in [6, 6.07) is 11.0.